The third-order valence-electron chi connectivity index (χ3n) is 3.16. The number of likely N-dealkylation sites (tertiary alicyclic amines) is 1. The summed E-state index contributed by atoms with van der Waals surface area (Å²) >= 11 is 5.80. The van der Waals surface area contributed by atoms with E-state index in [4.69, 9.17) is 11.6 Å². The van der Waals surface area contributed by atoms with Crippen LogP contribution in [0.15, 0.2) is 24.3 Å². The maximum atomic E-state index is 12.0. The molecule has 1 fully saturated rings. The minimum Gasteiger partial charge on any atom is -0.324 e. The van der Waals surface area contributed by atoms with Gasteiger partial charge in [-0.2, -0.15) is 0 Å². The van der Waals surface area contributed by atoms with E-state index >= 15 is 0 Å². The first kappa shape index (κ1) is 13.2. The van der Waals surface area contributed by atoms with Gasteiger partial charge in [0.25, 0.3) is 0 Å². The molecule has 98 valence electrons. The normalized spacial score (nSPS) is 19.0. The highest BCUT2D eigenvalue weighted by atomic mass is 35.5. The molecule has 18 heavy (non-hydrogen) atoms. The van der Waals surface area contributed by atoms with Gasteiger partial charge in [0.2, 0.25) is 0 Å². The lowest BCUT2D eigenvalue weighted by Gasteiger charge is -2.17. The van der Waals surface area contributed by atoms with E-state index in [1.54, 1.807) is 24.3 Å². The summed E-state index contributed by atoms with van der Waals surface area (Å²) in [7, 11) is 1.94. The van der Waals surface area contributed by atoms with Gasteiger partial charge in [0.1, 0.15) is 0 Å². The van der Waals surface area contributed by atoms with Crippen LogP contribution in [0.2, 0.25) is 5.02 Å². The van der Waals surface area contributed by atoms with Crippen LogP contribution in [-0.4, -0.2) is 37.6 Å². The van der Waals surface area contributed by atoms with E-state index in [1.165, 1.54) is 0 Å². The van der Waals surface area contributed by atoms with Crippen LogP contribution >= 0.6 is 11.6 Å². The van der Waals surface area contributed by atoms with Gasteiger partial charge >= 0.3 is 6.03 Å². The summed E-state index contributed by atoms with van der Waals surface area (Å²) in [6.45, 7) is 2.61. The molecule has 2 rings (SSSR count). The fourth-order valence-electron chi connectivity index (χ4n) is 2.21. The molecule has 1 aromatic carbocycles. The van der Waals surface area contributed by atoms with Gasteiger partial charge in [0.05, 0.1) is 0 Å². The molecule has 0 aromatic heterocycles. The van der Waals surface area contributed by atoms with Crippen molar-refractivity contribution in [1.29, 1.82) is 0 Å². The molecule has 2 amide bonds. The van der Waals surface area contributed by atoms with Crippen LogP contribution in [0.5, 0.6) is 0 Å². The van der Waals surface area contributed by atoms with Crippen molar-refractivity contribution in [2.75, 3.05) is 32.0 Å². The molecule has 1 aromatic rings. The van der Waals surface area contributed by atoms with E-state index in [0.29, 0.717) is 10.9 Å². The summed E-state index contributed by atoms with van der Waals surface area (Å²) in [6, 6.07) is 7.12. The van der Waals surface area contributed by atoms with E-state index in [-0.39, 0.29) is 6.03 Å². The highest BCUT2D eigenvalue weighted by molar-refractivity contribution is 6.30. The van der Waals surface area contributed by atoms with Gasteiger partial charge < -0.3 is 15.5 Å². The van der Waals surface area contributed by atoms with Crippen molar-refractivity contribution in [2.24, 2.45) is 5.92 Å². The fourth-order valence-corrected chi connectivity index (χ4v) is 2.33. The maximum Gasteiger partial charge on any atom is 0.321 e. The number of hydrogen-bond acceptors (Lipinski definition) is 2. The fraction of sp³-hybridized carbons (Fsp3) is 0.462. The highest BCUT2D eigenvalue weighted by Crippen LogP contribution is 2.18. The second-order valence-electron chi connectivity index (χ2n) is 4.60. The molecule has 1 unspecified atom stereocenters. The lowest BCUT2D eigenvalue weighted by atomic mass is 10.1. The van der Waals surface area contributed by atoms with E-state index in [9.17, 15) is 4.79 Å². The average molecular weight is 268 g/mol. The van der Waals surface area contributed by atoms with Crippen molar-refractivity contribution in [1.82, 2.24) is 10.2 Å². The first-order chi connectivity index (χ1) is 8.69. The molecule has 0 radical (unpaired) electrons. The van der Waals surface area contributed by atoms with E-state index in [0.717, 1.165) is 31.7 Å². The zero-order valence-corrected chi connectivity index (χ0v) is 11.2. The lowest BCUT2D eigenvalue weighted by molar-refractivity contribution is 0.221. The number of urea groups is 1. The third-order valence-corrected chi connectivity index (χ3v) is 3.41. The summed E-state index contributed by atoms with van der Waals surface area (Å²) in [4.78, 5) is 13.9. The van der Waals surface area contributed by atoms with Gasteiger partial charge in [-0.1, -0.05) is 11.6 Å². The predicted molar refractivity (Wildman–Crippen MR) is 74.1 cm³/mol. The number of amides is 2. The van der Waals surface area contributed by atoms with Crippen molar-refractivity contribution in [3.8, 4) is 0 Å². The Kier molecular flexibility index (Phi) is 4.44. The molecule has 0 spiro atoms. The van der Waals surface area contributed by atoms with Gasteiger partial charge in [0, 0.05) is 23.8 Å². The SMILES string of the molecule is CNCC1CCN(C(=O)Nc2ccc(Cl)cc2)C1. The Balaban J connectivity index is 1.87. The van der Waals surface area contributed by atoms with Crippen molar-refractivity contribution in [2.45, 2.75) is 6.42 Å². The Morgan fingerprint density at radius 2 is 2.17 bits per heavy atom. The number of rotatable bonds is 3. The molecular formula is C13H18ClN3O. The molecule has 1 saturated heterocycles. The molecule has 1 heterocycles. The van der Waals surface area contributed by atoms with Gasteiger partial charge in [-0.3, -0.25) is 0 Å². The van der Waals surface area contributed by atoms with Gasteiger partial charge in [0.15, 0.2) is 0 Å². The Bertz CT molecular complexity index is 407. The smallest absolute Gasteiger partial charge is 0.321 e. The molecule has 2 N–H and O–H groups in total. The monoisotopic (exact) mass is 267 g/mol. The van der Waals surface area contributed by atoms with Crippen molar-refractivity contribution in [3.05, 3.63) is 29.3 Å². The molecule has 4 nitrogen and oxygen atoms in total. The van der Waals surface area contributed by atoms with Crippen LogP contribution < -0.4 is 10.6 Å². The quantitative estimate of drug-likeness (QED) is 0.883. The number of nitrogens with zero attached hydrogens (tertiary/aromatic N) is 1. The first-order valence-electron chi connectivity index (χ1n) is 6.15. The topological polar surface area (TPSA) is 44.4 Å². The minimum atomic E-state index is -0.0316. The van der Waals surface area contributed by atoms with Crippen LogP contribution in [0.3, 0.4) is 0 Å². The van der Waals surface area contributed by atoms with E-state index in [1.807, 2.05) is 11.9 Å². The van der Waals surface area contributed by atoms with E-state index < -0.39 is 0 Å². The third kappa shape index (κ3) is 3.37. The van der Waals surface area contributed by atoms with Crippen LogP contribution in [-0.2, 0) is 0 Å². The number of benzene rings is 1. The summed E-state index contributed by atoms with van der Waals surface area (Å²) in [5.41, 5.74) is 0.779. The second-order valence-corrected chi connectivity index (χ2v) is 5.03. The standard InChI is InChI=1S/C13H18ClN3O/c1-15-8-10-6-7-17(9-10)13(18)16-12-4-2-11(14)3-5-12/h2-5,10,15H,6-9H2,1H3,(H,16,18). The van der Waals surface area contributed by atoms with Crippen LogP contribution in [0, 0.1) is 5.92 Å². The molecule has 0 bridgehead atoms. The predicted octanol–water partition coefficient (Wildman–Crippen LogP) is 2.41. The Morgan fingerprint density at radius 3 is 2.83 bits per heavy atom. The van der Waals surface area contributed by atoms with Crippen molar-refractivity contribution in [3.63, 3.8) is 0 Å². The number of anilines is 1. The van der Waals surface area contributed by atoms with Crippen LogP contribution in [0.1, 0.15) is 6.42 Å². The van der Waals surface area contributed by atoms with Crippen molar-refractivity contribution >= 4 is 23.3 Å². The highest BCUT2D eigenvalue weighted by Gasteiger charge is 2.25. The largest absolute Gasteiger partial charge is 0.324 e. The summed E-state index contributed by atoms with van der Waals surface area (Å²) in [5, 5.41) is 6.70. The summed E-state index contributed by atoms with van der Waals surface area (Å²) in [5.74, 6) is 0.561. The number of carbonyl (C=O) groups is 1. The van der Waals surface area contributed by atoms with Gasteiger partial charge in [-0.15, -0.1) is 0 Å². The van der Waals surface area contributed by atoms with Crippen LogP contribution in [0.4, 0.5) is 10.5 Å². The van der Waals surface area contributed by atoms with Crippen molar-refractivity contribution < 1.29 is 4.79 Å². The average Bonchev–Trinajstić information content (AvgIpc) is 2.81. The molecule has 0 saturated carbocycles. The molecular weight excluding hydrogens is 250 g/mol. The lowest BCUT2D eigenvalue weighted by Crippen LogP contribution is -2.33. The molecule has 1 aliphatic rings. The van der Waals surface area contributed by atoms with E-state index in [2.05, 4.69) is 10.6 Å². The molecule has 1 aliphatic heterocycles. The molecule has 0 aliphatic carbocycles. The van der Waals surface area contributed by atoms with Gasteiger partial charge in [-0.05, 0) is 50.2 Å². The number of halogens is 1. The zero-order valence-electron chi connectivity index (χ0n) is 10.4. The Hall–Kier alpha value is -1.26. The second kappa shape index (κ2) is 6.07. The first-order valence-corrected chi connectivity index (χ1v) is 6.53. The maximum absolute atomic E-state index is 12.0. The molecule has 1 atom stereocenters. The number of carbonyl (C=O) groups excluding carboxylic acids is 1. The van der Waals surface area contributed by atoms with Crippen LogP contribution in [0.25, 0.3) is 0 Å². The summed E-state index contributed by atoms with van der Waals surface area (Å²) in [6.07, 6.45) is 1.06. The number of nitrogens with one attached hydrogen (secondary N) is 2. The number of hydrogen-bond donors (Lipinski definition) is 2. The minimum absolute atomic E-state index is 0.0316. The summed E-state index contributed by atoms with van der Waals surface area (Å²) < 4.78 is 0. The zero-order chi connectivity index (χ0) is 13.0. The molecule has 5 heteroatoms. The Morgan fingerprint density at radius 1 is 1.44 bits per heavy atom. The van der Waals surface area contributed by atoms with Gasteiger partial charge in [-0.25, -0.2) is 4.79 Å². The Labute approximate surface area is 112 Å².